The van der Waals surface area contributed by atoms with Gasteiger partial charge in [-0.25, -0.2) is 0 Å². The van der Waals surface area contributed by atoms with Crippen molar-refractivity contribution in [2.45, 2.75) is 31.6 Å². The first-order valence-electron chi connectivity index (χ1n) is 6.19. The Kier molecular flexibility index (Phi) is 3.45. The molecule has 0 aliphatic heterocycles. The first-order valence-corrected chi connectivity index (χ1v) is 6.19. The second kappa shape index (κ2) is 4.88. The predicted octanol–water partition coefficient (Wildman–Crippen LogP) is 2.60. The number of carboxylic acids is 1. The van der Waals surface area contributed by atoms with Crippen LogP contribution in [0.25, 0.3) is 0 Å². The molecule has 0 radical (unpaired) electrons. The van der Waals surface area contributed by atoms with E-state index in [2.05, 4.69) is 0 Å². The molecule has 0 bridgehead atoms. The van der Waals surface area contributed by atoms with Crippen LogP contribution in [0.3, 0.4) is 0 Å². The Morgan fingerprint density at radius 3 is 2.50 bits per heavy atom. The van der Waals surface area contributed by atoms with Crippen LogP contribution in [0.4, 0.5) is 0 Å². The molecule has 4 heteroatoms. The molecule has 1 aromatic carbocycles. The maximum absolute atomic E-state index is 11.6. The van der Waals surface area contributed by atoms with E-state index >= 15 is 0 Å². The number of hydrogen-bond donors (Lipinski definition) is 1. The van der Waals surface area contributed by atoms with E-state index in [9.17, 15) is 9.90 Å². The molecule has 1 aliphatic rings. The SMILES string of the molecule is CCOc1cccc(OC)c1C1(C(=O)O)CCC1. The highest BCUT2D eigenvalue weighted by Gasteiger charge is 2.49. The van der Waals surface area contributed by atoms with E-state index in [4.69, 9.17) is 9.47 Å². The van der Waals surface area contributed by atoms with Crippen molar-refractivity contribution in [2.75, 3.05) is 13.7 Å². The standard InChI is InChI=1S/C14H18O4/c1-3-18-11-7-4-6-10(17-2)12(11)14(13(15)16)8-5-9-14/h4,6-7H,3,5,8-9H2,1-2H3,(H,15,16). The third-order valence-electron chi connectivity index (χ3n) is 3.60. The molecule has 18 heavy (non-hydrogen) atoms. The zero-order valence-electron chi connectivity index (χ0n) is 10.7. The molecular weight excluding hydrogens is 232 g/mol. The predicted molar refractivity (Wildman–Crippen MR) is 67.3 cm³/mol. The summed E-state index contributed by atoms with van der Waals surface area (Å²) in [5.74, 6) is 0.432. The zero-order valence-corrected chi connectivity index (χ0v) is 10.7. The first-order chi connectivity index (χ1) is 8.65. The second-order valence-electron chi connectivity index (χ2n) is 4.51. The summed E-state index contributed by atoms with van der Waals surface area (Å²) < 4.78 is 10.9. The van der Waals surface area contributed by atoms with Crippen LogP contribution >= 0.6 is 0 Å². The lowest BCUT2D eigenvalue weighted by Gasteiger charge is -2.39. The Morgan fingerprint density at radius 2 is 2.06 bits per heavy atom. The van der Waals surface area contributed by atoms with E-state index in [1.54, 1.807) is 13.2 Å². The molecule has 1 saturated carbocycles. The van der Waals surface area contributed by atoms with Crippen molar-refractivity contribution in [3.63, 3.8) is 0 Å². The van der Waals surface area contributed by atoms with Crippen LogP contribution in [-0.2, 0) is 10.2 Å². The highest BCUT2D eigenvalue weighted by Crippen LogP contribution is 2.51. The lowest BCUT2D eigenvalue weighted by Crippen LogP contribution is -2.42. The first kappa shape index (κ1) is 12.7. The Balaban J connectivity index is 2.55. The van der Waals surface area contributed by atoms with Gasteiger partial charge in [0.15, 0.2) is 0 Å². The molecule has 1 N–H and O–H groups in total. The summed E-state index contributed by atoms with van der Waals surface area (Å²) >= 11 is 0. The lowest BCUT2D eigenvalue weighted by molar-refractivity contribution is -0.147. The van der Waals surface area contributed by atoms with Crippen LogP contribution in [0.15, 0.2) is 18.2 Å². The number of methoxy groups -OCH3 is 1. The van der Waals surface area contributed by atoms with E-state index in [-0.39, 0.29) is 0 Å². The number of carboxylic acid groups (broad SMARTS) is 1. The largest absolute Gasteiger partial charge is 0.496 e. The molecule has 0 amide bonds. The summed E-state index contributed by atoms with van der Waals surface area (Å²) in [7, 11) is 1.56. The van der Waals surface area contributed by atoms with Crippen LogP contribution in [-0.4, -0.2) is 24.8 Å². The number of rotatable bonds is 5. The van der Waals surface area contributed by atoms with Crippen molar-refractivity contribution in [2.24, 2.45) is 0 Å². The van der Waals surface area contributed by atoms with Crippen molar-refractivity contribution in [3.05, 3.63) is 23.8 Å². The molecule has 1 fully saturated rings. The zero-order chi connectivity index (χ0) is 13.2. The van der Waals surface area contributed by atoms with E-state index < -0.39 is 11.4 Å². The second-order valence-corrected chi connectivity index (χ2v) is 4.51. The van der Waals surface area contributed by atoms with Crippen LogP contribution < -0.4 is 9.47 Å². The minimum Gasteiger partial charge on any atom is -0.496 e. The Labute approximate surface area is 107 Å². The molecular formula is C14H18O4. The summed E-state index contributed by atoms with van der Waals surface area (Å²) in [5, 5.41) is 9.54. The molecule has 0 saturated heterocycles. The summed E-state index contributed by atoms with van der Waals surface area (Å²) in [5.41, 5.74) is -0.148. The monoisotopic (exact) mass is 250 g/mol. The topological polar surface area (TPSA) is 55.8 Å². The maximum atomic E-state index is 11.6. The minimum atomic E-state index is -0.836. The summed E-state index contributed by atoms with van der Waals surface area (Å²) in [6.07, 6.45) is 2.21. The fourth-order valence-electron chi connectivity index (χ4n) is 2.53. The van der Waals surface area contributed by atoms with Crippen LogP contribution in [0, 0.1) is 0 Å². The molecule has 98 valence electrons. The number of hydrogen-bond acceptors (Lipinski definition) is 3. The van der Waals surface area contributed by atoms with E-state index in [0.29, 0.717) is 36.5 Å². The summed E-state index contributed by atoms with van der Waals surface area (Å²) in [6.45, 7) is 2.40. The van der Waals surface area contributed by atoms with Gasteiger partial charge in [-0.3, -0.25) is 4.79 Å². The van der Waals surface area contributed by atoms with Crippen LogP contribution in [0.5, 0.6) is 11.5 Å². The molecule has 0 unspecified atom stereocenters. The van der Waals surface area contributed by atoms with Crippen molar-refractivity contribution < 1.29 is 19.4 Å². The van der Waals surface area contributed by atoms with Gasteiger partial charge in [0, 0.05) is 0 Å². The van der Waals surface area contributed by atoms with Crippen molar-refractivity contribution in [1.82, 2.24) is 0 Å². The molecule has 1 aliphatic carbocycles. The molecule has 0 spiro atoms. The summed E-state index contributed by atoms with van der Waals surface area (Å²) in [4.78, 5) is 11.6. The van der Waals surface area contributed by atoms with Gasteiger partial charge in [-0.2, -0.15) is 0 Å². The third kappa shape index (κ3) is 1.82. The quantitative estimate of drug-likeness (QED) is 0.872. The van der Waals surface area contributed by atoms with Crippen molar-refractivity contribution in [1.29, 1.82) is 0 Å². The highest BCUT2D eigenvalue weighted by atomic mass is 16.5. The highest BCUT2D eigenvalue weighted by molar-refractivity contribution is 5.85. The Morgan fingerprint density at radius 1 is 1.39 bits per heavy atom. The normalized spacial score (nSPS) is 16.8. The Bertz CT molecular complexity index is 449. The number of carbonyl (C=O) groups is 1. The van der Waals surface area contributed by atoms with Gasteiger partial charge in [0.1, 0.15) is 11.5 Å². The third-order valence-corrected chi connectivity index (χ3v) is 3.60. The van der Waals surface area contributed by atoms with Crippen LogP contribution in [0.1, 0.15) is 31.7 Å². The van der Waals surface area contributed by atoms with Crippen molar-refractivity contribution in [3.8, 4) is 11.5 Å². The van der Waals surface area contributed by atoms with Gasteiger partial charge in [0.25, 0.3) is 0 Å². The molecule has 0 atom stereocenters. The van der Waals surface area contributed by atoms with Gasteiger partial charge >= 0.3 is 5.97 Å². The van der Waals surface area contributed by atoms with E-state index in [0.717, 1.165) is 6.42 Å². The average molecular weight is 250 g/mol. The Hall–Kier alpha value is -1.71. The van der Waals surface area contributed by atoms with Gasteiger partial charge in [-0.15, -0.1) is 0 Å². The molecule has 4 nitrogen and oxygen atoms in total. The average Bonchev–Trinajstić information content (AvgIpc) is 2.29. The van der Waals surface area contributed by atoms with Gasteiger partial charge in [-0.05, 0) is 31.9 Å². The van der Waals surface area contributed by atoms with E-state index in [1.807, 2.05) is 19.1 Å². The molecule has 0 aromatic heterocycles. The number of benzene rings is 1. The molecule has 0 heterocycles. The van der Waals surface area contributed by atoms with Crippen LogP contribution in [0.2, 0.25) is 0 Å². The van der Waals surface area contributed by atoms with Gasteiger partial charge in [0.05, 0.1) is 24.7 Å². The minimum absolute atomic E-state index is 0.510. The van der Waals surface area contributed by atoms with Gasteiger partial charge in [-0.1, -0.05) is 12.5 Å². The molecule has 2 rings (SSSR count). The molecule has 1 aromatic rings. The van der Waals surface area contributed by atoms with Crippen molar-refractivity contribution >= 4 is 5.97 Å². The van der Waals surface area contributed by atoms with E-state index in [1.165, 1.54) is 0 Å². The number of ether oxygens (including phenoxy) is 2. The van der Waals surface area contributed by atoms with Gasteiger partial charge < -0.3 is 14.6 Å². The number of aliphatic carboxylic acids is 1. The van der Waals surface area contributed by atoms with Gasteiger partial charge in [0.2, 0.25) is 0 Å². The lowest BCUT2D eigenvalue weighted by atomic mass is 9.64. The summed E-state index contributed by atoms with van der Waals surface area (Å²) in [6, 6.07) is 5.42. The maximum Gasteiger partial charge on any atom is 0.314 e. The fourth-order valence-corrected chi connectivity index (χ4v) is 2.53. The smallest absolute Gasteiger partial charge is 0.314 e. The fraction of sp³-hybridized carbons (Fsp3) is 0.500.